The number of anilines is 3. The Labute approximate surface area is 194 Å². The number of carbonyl (C=O) groups excluding carboxylic acids is 1. The normalized spacial score (nSPS) is 10.6. The Morgan fingerprint density at radius 3 is 2.58 bits per heavy atom. The van der Waals surface area contributed by atoms with Crippen molar-refractivity contribution in [1.29, 1.82) is 0 Å². The van der Waals surface area contributed by atoms with Gasteiger partial charge in [-0.1, -0.05) is 41.7 Å². The van der Waals surface area contributed by atoms with Crippen LogP contribution < -0.4 is 16.0 Å². The number of amides is 1. The van der Waals surface area contributed by atoms with Gasteiger partial charge in [-0.05, 0) is 67.2 Å². The Hall–Kier alpha value is -2.94. The van der Waals surface area contributed by atoms with Crippen molar-refractivity contribution < 1.29 is 4.79 Å². The fourth-order valence-electron chi connectivity index (χ4n) is 2.87. The van der Waals surface area contributed by atoms with E-state index in [4.69, 9.17) is 12.2 Å². The molecular weight excluding hydrogens is 444 g/mol. The van der Waals surface area contributed by atoms with Crippen molar-refractivity contribution in [3.63, 3.8) is 0 Å². The van der Waals surface area contributed by atoms with Crippen LogP contribution >= 0.6 is 35.3 Å². The van der Waals surface area contributed by atoms with Crippen LogP contribution in [0.2, 0.25) is 0 Å². The molecule has 5 nitrogen and oxygen atoms in total. The first kappa shape index (κ1) is 21.3. The van der Waals surface area contributed by atoms with Gasteiger partial charge in [0, 0.05) is 16.3 Å². The maximum absolute atomic E-state index is 12.4. The molecule has 4 rings (SSSR count). The van der Waals surface area contributed by atoms with Gasteiger partial charge in [0.25, 0.3) is 0 Å². The maximum atomic E-state index is 12.4. The molecule has 156 valence electrons. The predicted octanol–water partition coefficient (Wildman–Crippen LogP) is 6.14. The molecule has 1 heterocycles. The summed E-state index contributed by atoms with van der Waals surface area (Å²) in [6, 6.07) is 23.6. The fourth-order valence-corrected chi connectivity index (χ4v) is 4.84. The second-order valence-corrected chi connectivity index (χ2v) is 9.29. The number of aryl methyl sites for hydroxylation is 1. The van der Waals surface area contributed by atoms with E-state index in [1.165, 1.54) is 28.7 Å². The van der Waals surface area contributed by atoms with Crippen LogP contribution in [0.3, 0.4) is 0 Å². The highest BCUT2D eigenvalue weighted by Crippen LogP contribution is 2.27. The molecule has 1 amide bonds. The van der Waals surface area contributed by atoms with E-state index in [-0.39, 0.29) is 5.91 Å². The third-order valence-electron chi connectivity index (χ3n) is 4.28. The molecule has 0 bridgehead atoms. The van der Waals surface area contributed by atoms with Gasteiger partial charge in [-0.25, -0.2) is 4.98 Å². The SMILES string of the molecule is Cc1ccc2nc(NC(=O)CSc3cccc(NC(=S)Nc4ccccc4)c3)sc2c1. The van der Waals surface area contributed by atoms with Crippen LogP contribution in [-0.2, 0) is 4.79 Å². The van der Waals surface area contributed by atoms with Gasteiger partial charge >= 0.3 is 0 Å². The highest BCUT2D eigenvalue weighted by molar-refractivity contribution is 8.00. The number of rotatable bonds is 6. The molecule has 4 aromatic rings. The lowest BCUT2D eigenvalue weighted by molar-refractivity contribution is -0.113. The Kier molecular flexibility index (Phi) is 6.81. The molecular formula is C23H20N4OS3. The van der Waals surface area contributed by atoms with Crippen molar-refractivity contribution in [3.05, 3.63) is 78.4 Å². The van der Waals surface area contributed by atoms with E-state index in [1.54, 1.807) is 0 Å². The maximum Gasteiger partial charge on any atom is 0.236 e. The molecule has 0 saturated carbocycles. The quantitative estimate of drug-likeness (QED) is 0.235. The molecule has 0 aliphatic heterocycles. The zero-order valence-electron chi connectivity index (χ0n) is 16.7. The van der Waals surface area contributed by atoms with Crippen molar-refractivity contribution in [1.82, 2.24) is 4.98 Å². The molecule has 0 fully saturated rings. The van der Waals surface area contributed by atoms with Gasteiger partial charge in [0.05, 0.1) is 16.0 Å². The predicted molar refractivity (Wildman–Crippen MR) is 136 cm³/mol. The number of hydrogen-bond acceptors (Lipinski definition) is 5. The van der Waals surface area contributed by atoms with Crippen LogP contribution in [0.4, 0.5) is 16.5 Å². The average molecular weight is 465 g/mol. The number of hydrogen-bond donors (Lipinski definition) is 3. The lowest BCUT2D eigenvalue weighted by Gasteiger charge is -2.11. The standard InChI is InChI=1S/C23H20N4OS3/c1-15-10-11-19-20(12-15)31-23(26-19)27-21(28)14-30-18-9-5-8-17(13-18)25-22(29)24-16-6-3-2-4-7-16/h2-13H,14H2,1H3,(H2,24,25,29)(H,26,27,28). The summed E-state index contributed by atoms with van der Waals surface area (Å²) >= 11 is 8.33. The van der Waals surface area contributed by atoms with Gasteiger partial charge in [-0.2, -0.15) is 0 Å². The number of thioether (sulfide) groups is 1. The van der Waals surface area contributed by atoms with E-state index < -0.39 is 0 Å². The van der Waals surface area contributed by atoms with E-state index in [2.05, 4.69) is 27.0 Å². The number of benzene rings is 3. The van der Waals surface area contributed by atoms with E-state index in [9.17, 15) is 4.79 Å². The van der Waals surface area contributed by atoms with E-state index in [0.717, 1.165) is 26.5 Å². The van der Waals surface area contributed by atoms with Gasteiger partial charge in [0.1, 0.15) is 0 Å². The highest BCUT2D eigenvalue weighted by Gasteiger charge is 2.09. The first-order valence-corrected chi connectivity index (χ1v) is 11.8. The molecule has 0 saturated heterocycles. The van der Waals surface area contributed by atoms with Crippen LogP contribution in [-0.4, -0.2) is 21.8 Å². The molecule has 0 aliphatic rings. The fraction of sp³-hybridized carbons (Fsp3) is 0.0870. The van der Waals surface area contributed by atoms with Crippen LogP contribution in [0.15, 0.2) is 77.7 Å². The molecule has 0 atom stereocenters. The Balaban J connectivity index is 1.30. The molecule has 0 aliphatic carbocycles. The molecule has 0 spiro atoms. The number of thiocarbonyl (C=S) groups is 1. The minimum atomic E-state index is -0.0830. The van der Waals surface area contributed by atoms with E-state index >= 15 is 0 Å². The summed E-state index contributed by atoms with van der Waals surface area (Å²) in [5.74, 6) is 0.214. The molecule has 31 heavy (non-hydrogen) atoms. The number of para-hydroxylation sites is 1. The van der Waals surface area contributed by atoms with Gasteiger partial charge in [0.15, 0.2) is 10.2 Å². The zero-order chi connectivity index (χ0) is 21.6. The molecule has 3 N–H and O–H groups in total. The number of aromatic nitrogens is 1. The van der Waals surface area contributed by atoms with E-state index in [1.807, 2.05) is 73.7 Å². The van der Waals surface area contributed by atoms with Gasteiger partial charge in [-0.15, -0.1) is 11.8 Å². The van der Waals surface area contributed by atoms with Crippen LogP contribution in [0.1, 0.15) is 5.56 Å². The second-order valence-electron chi connectivity index (χ2n) is 6.80. The third kappa shape index (κ3) is 6.04. The first-order valence-electron chi connectivity index (χ1n) is 9.58. The minimum absolute atomic E-state index is 0.0830. The van der Waals surface area contributed by atoms with Crippen LogP contribution in [0.25, 0.3) is 10.2 Å². The second kappa shape index (κ2) is 9.91. The topological polar surface area (TPSA) is 66.0 Å². The number of carbonyl (C=O) groups is 1. The summed E-state index contributed by atoms with van der Waals surface area (Å²) in [5.41, 5.74) is 3.86. The van der Waals surface area contributed by atoms with Crippen molar-refractivity contribution in [2.75, 3.05) is 21.7 Å². The Bertz CT molecular complexity index is 1220. The number of fused-ring (bicyclic) bond motifs is 1. The van der Waals surface area contributed by atoms with Crippen molar-refractivity contribution in [3.8, 4) is 0 Å². The van der Waals surface area contributed by atoms with Crippen molar-refractivity contribution >= 4 is 73.1 Å². The average Bonchev–Trinajstić information content (AvgIpc) is 3.14. The molecule has 1 aromatic heterocycles. The number of nitrogens with zero attached hydrogens (tertiary/aromatic N) is 1. The largest absolute Gasteiger partial charge is 0.332 e. The Morgan fingerprint density at radius 2 is 1.74 bits per heavy atom. The molecule has 8 heteroatoms. The third-order valence-corrected chi connectivity index (χ3v) is 6.42. The van der Waals surface area contributed by atoms with Crippen molar-refractivity contribution in [2.45, 2.75) is 11.8 Å². The first-order chi connectivity index (χ1) is 15.0. The molecule has 0 radical (unpaired) electrons. The Morgan fingerprint density at radius 1 is 0.968 bits per heavy atom. The van der Waals surface area contributed by atoms with Crippen molar-refractivity contribution in [2.24, 2.45) is 0 Å². The monoisotopic (exact) mass is 464 g/mol. The smallest absolute Gasteiger partial charge is 0.236 e. The lowest BCUT2D eigenvalue weighted by atomic mass is 10.2. The summed E-state index contributed by atoms with van der Waals surface area (Å²) in [6.07, 6.45) is 0. The minimum Gasteiger partial charge on any atom is -0.332 e. The molecule has 0 unspecified atom stereocenters. The van der Waals surface area contributed by atoms with Crippen LogP contribution in [0.5, 0.6) is 0 Å². The lowest BCUT2D eigenvalue weighted by Crippen LogP contribution is -2.19. The zero-order valence-corrected chi connectivity index (χ0v) is 19.2. The summed E-state index contributed by atoms with van der Waals surface area (Å²) in [5, 5.41) is 10.4. The van der Waals surface area contributed by atoms with Gasteiger partial charge in [-0.3, -0.25) is 4.79 Å². The number of thiazole rings is 1. The number of nitrogens with one attached hydrogen (secondary N) is 3. The van der Waals surface area contributed by atoms with E-state index in [0.29, 0.717) is 16.0 Å². The van der Waals surface area contributed by atoms with Gasteiger partial charge < -0.3 is 16.0 Å². The summed E-state index contributed by atoms with van der Waals surface area (Å²) < 4.78 is 1.07. The summed E-state index contributed by atoms with van der Waals surface area (Å²) in [6.45, 7) is 2.04. The van der Waals surface area contributed by atoms with Crippen LogP contribution in [0, 0.1) is 6.92 Å². The van der Waals surface area contributed by atoms with Gasteiger partial charge in [0.2, 0.25) is 5.91 Å². The summed E-state index contributed by atoms with van der Waals surface area (Å²) in [7, 11) is 0. The summed E-state index contributed by atoms with van der Waals surface area (Å²) in [4.78, 5) is 17.8. The molecule has 3 aromatic carbocycles. The highest BCUT2D eigenvalue weighted by atomic mass is 32.2.